The Morgan fingerprint density at radius 1 is 1.00 bits per heavy atom. The molecule has 0 aliphatic heterocycles. The molecule has 0 saturated carbocycles. The number of pyridine rings is 1. The van der Waals surface area contributed by atoms with Gasteiger partial charge >= 0.3 is 0 Å². The van der Waals surface area contributed by atoms with Gasteiger partial charge in [-0.05, 0) is 43.7 Å². The van der Waals surface area contributed by atoms with Crippen LogP contribution in [0.4, 0.5) is 0 Å². The number of hydrogen-bond donors (Lipinski definition) is 1. The SMILES string of the molecule is Cc1cc(O)cc(Oc2cc(C)nc3ccccc23)c1. The topological polar surface area (TPSA) is 42.4 Å². The molecule has 2 aromatic carbocycles. The van der Waals surface area contributed by atoms with Crippen LogP contribution in [0.15, 0.2) is 48.5 Å². The Kier molecular flexibility index (Phi) is 3.03. The number of hydrogen-bond acceptors (Lipinski definition) is 3. The third-order valence-electron chi connectivity index (χ3n) is 3.07. The summed E-state index contributed by atoms with van der Waals surface area (Å²) < 4.78 is 5.93. The first-order valence-electron chi connectivity index (χ1n) is 6.47. The molecule has 0 fully saturated rings. The van der Waals surface area contributed by atoms with Crippen molar-refractivity contribution in [1.29, 1.82) is 0 Å². The molecule has 0 saturated heterocycles. The van der Waals surface area contributed by atoms with Crippen LogP contribution in [0.3, 0.4) is 0 Å². The average molecular weight is 265 g/mol. The summed E-state index contributed by atoms with van der Waals surface area (Å²) in [6.45, 7) is 3.86. The largest absolute Gasteiger partial charge is 0.508 e. The summed E-state index contributed by atoms with van der Waals surface area (Å²) in [6, 6.07) is 15.0. The summed E-state index contributed by atoms with van der Waals surface area (Å²) in [5.74, 6) is 1.58. The number of aromatic hydroxyl groups is 1. The van der Waals surface area contributed by atoms with Gasteiger partial charge in [-0.3, -0.25) is 4.98 Å². The first kappa shape index (κ1) is 12.5. The third kappa shape index (κ3) is 2.43. The van der Waals surface area contributed by atoms with Crippen molar-refractivity contribution in [3.05, 3.63) is 59.8 Å². The normalized spacial score (nSPS) is 10.7. The van der Waals surface area contributed by atoms with Crippen molar-refractivity contribution in [1.82, 2.24) is 4.98 Å². The zero-order valence-corrected chi connectivity index (χ0v) is 11.4. The molecular formula is C17H15NO2. The van der Waals surface area contributed by atoms with Gasteiger partial charge in [0.15, 0.2) is 0 Å². The van der Waals surface area contributed by atoms with Crippen LogP contribution in [0.2, 0.25) is 0 Å². The standard InChI is InChI=1S/C17H15NO2/c1-11-7-13(19)10-14(8-11)20-17-9-12(2)18-16-6-4-3-5-15(16)17/h3-10,19H,1-2H3. The maximum Gasteiger partial charge on any atom is 0.138 e. The number of fused-ring (bicyclic) bond motifs is 1. The fourth-order valence-corrected chi connectivity index (χ4v) is 2.27. The first-order chi connectivity index (χ1) is 9.61. The molecule has 0 amide bonds. The lowest BCUT2D eigenvalue weighted by Gasteiger charge is -2.10. The molecular weight excluding hydrogens is 250 g/mol. The van der Waals surface area contributed by atoms with Crippen molar-refractivity contribution in [2.75, 3.05) is 0 Å². The molecule has 0 radical (unpaired) electrons. The Bertz CT molecular complexity index is 761. The maximum atomic E-state index is 9.65. The lowest BCUT2D eigenvalue weighted by atomic mass is 10.2. The summed E-state index contributed by atoms with van der Waals surface area (Å²) in [7, 11) is 0. The number of aromatic nitrogens is 1. The monoisotopic (exact) mass is 265 g/mol. The Balaban J connectivity index is 2.10. The smallest absolute Gasteiger partial charge is 0.138 e. The van der Waals surface area contributed by atoms with Crippen molar-refractivity contribution in [3.8, 4) is 17.2 Å². The Morgan fingerprint density at radius 2 is 1.80 bits per heavy atom. The lowest BCUT2D eigenvalue weighted by molar-refractivity contribution is 0.456. The van der Waals surface area contributed by atoms with Crippen LogP contribution in [0.5, 0.6) is 17.2 Å². The van der Waals surface area contributed by atoms with Gasteiger partial charge in [0.25, 0.3) is 0 Å². The molecule has 3 nitrogen and oxygen atoms in total. The van der Waals surface area contributed by atoms with Crippen molar-refractivity contribution in [2.45, 2.75) is 13.8 Å². The van der Waals surface area contributed by atoms with Crippen LogP contribution in [0.25, 0.3) is 10.9 Å². The first-order valence-corrected chi connectivity index (χ1v) is 6.47. The van der Waals surface area contributed by atoms with Crippen LogP contribution in [-0.4, -0.2) is 10.1 Å². The lowest BCUT2D eigenvalue weighted by Crippen LogP contribution is -1.90. The van der Waals surface area contributed by atoms with Crippen molar-refractivity contribution < 1.29 is 9.84 Å². The van der Waals surface area contributed by atoms with E-state index in [-0.39, 0.29) is 5.75 Å². The predicted molar refractivity (Wildman–Crippen MR) is 79.4 cm³/mol. The van der Waals surface area contributed by atoms with E-state index in [1.54, 1.807) is 12.1 Å². The number of rotatable bonds is 2. The fourth-order valence-electron chi connectivity index (χ4n) is 2.27. The van der Waals surface area contributed by atoms with Gasteiger partial charge in [0, 0.05) is 23.2 Å². The molecule has 100 valence electrons. The van der Waals surface area contributed by atoms with E-state index in [0.29, 0.717) is 5.75 Å². The zero-order valence-electron chi connectivity index (χ0n) is 11.4. The summed E-state index contributed by atoms with van der Waals surface area (Å²) >= 11 is 0. The summed E-state index contributed by atoms with van der Waals surface area (Å²) in [6.07, 6.45) is 0. The molecule has 1 N–H and O–H groups in total. The van der Waals surface area contributed by atoms with E-state index in [1.165, 1.54) is 0 Å². The van der Waals surface area contributed by atoms with Crippen molar-refractivity contribution >= 4 is 10.9 Å². The number of benzene rings is 2. The summed E-state index contributed by atoms with van der Waals surface area (Å²) in [5, 5.41) is 10.6. The van der Waals surface area contributed by atoms with Gasteiger partial charge in [-0.25, -0.2) is 0 Å². The minimum atomic E-state index is 0.204. The van der Waals surface area contributed by atoms with Crippen LogP contribution in [0, 0.1) is 13.8 Å². The molecule has 3 aromatic rings. The van der Waals surface area contributed by atoms with E-state index in [4.69, 9.17) is 4.74 Å². The van der Waals surface area contributed by atoms with Crippen molar-refractivity contribution in [3.63, 3.8) is 0 Å². The quantitative estimate of drug-likeness (QED) is 0.749. The predicted octanol–water partition coefficient (Wildman–Crippen LogP) is 4.35. The highest BCUT2D eigenvalue weighted by Gasteiger charge is 2.07. The average Bonchev–Trinajstić information content (AvgIpc) is 2.37. The van der Waals surface area contributed by atoms with E-state index >= 15 is 0 Å². The molecule has 0 unspecified atom stereocenters. The number of phenolic OH excluding ortho intramolecular Hbond substituents is 1. The third-order valence-corrected chi connectivity index (χ3v) is 3.07. The van der Waals surface area contributed by atoms with Gasteiger partial charge in [0.2, 0.25) is 0 Å². The second kappa shape index (κ2) is 4.85. The van der Waals surface area contributed by atoms with Crippen LogP contribution in [-0.2, 0) is 0 Å². The molecule has 0 bridgehead atoms. The van der Waals surface area contributed by atoms with Gasteiger partial charge in [-0.2, -0.15) is 0 Å². The maximum absolute atomic E-state index is 9.65. The summed E-state index contributed by atoms with van der Waals surface area (Å²) in [5.41, 5.74) is 2.75. The molecule has 3 heteroatoms. The number of para-hydroxylation sites is 1. The summed E-state index contributed by atoms with van der Waals surface area (Å²) in [4.78, 5) is 4.48. The molecule has 0 aliphatic rings. The minimum absolute atomic E-state index is 0.204. The van der Waals surface area contributed by atoms with Crippen LogP contribution < -0.4 is 4.74 Å². The second-order valence-electron chi connectivity index (χ2n) is 4.89. The highest BCUT2D eigenvalue weighted by atomic mass is 16.5. The zero-order chi connectivity index (χ0) is 14.1. The Hall–Kier alpha value is -2.55. The number of ether oxygens (including phenoxy) is 1. The molecule has 1 heterocycles. The Morgan fingerprint density at radius 3 is 2.60 bits per heavy atom. The van der Waals surface area contributed by atoms with E-state index in [2.05, 4.69) is 4.98 Å². The Labute approximate surface area is 117 Å². The van der Waals surface area contributed by atoms with Gasteiger partial charge in [-0.1, -0.05) is 12.1 Å². The molecule has 0 spiro atoms. The van der Waals surface area contributed by atoms with E-state index in [0.717, 1.165) is 27.9 Å². The van der Waals surface area contributed by atoms with Gasteiger partial charge < -0.3 is 9.84 Å². The van der Waals surface area contributed by atoms with Crippen molar-refractivity contribution in [2.24, 2.45) is 0 Å². The molecule has 3 rings (SSSR count). The number of phenols is 1. The molecule has 0 aliphatic carbocycles. The van der Waals surface area contributed by atoms with E-state index in [9.17, 15) is 5.11 Å². The van der Waals surface area contributed by atoms with Gasteiger partial charge in [-0.15, -0.1) is 0 Å². The molecule has 0 atom stereocenters. The second-order valence-corrected chi connectivity index (χ2v) is 4.89. The number of aryl methyl sites for hydroxylation is 2. The van der Waals surface area contributed by atoms with E-state index in [1.807, 2.05) is 50.2 Å². The van der Waals surface area contributed by atoms with Gasteiger partial charge in [0.05, 0.1) is 5.52 Å². The van der Waals surface area contributed by atoms with Crippen LogP contribution >= 0.6 is 0 Å². The fraction of sp³-hybridized carbons (Fsp3) is 0.118. The van der Waals surface area contributed by atoms with E-state index < -0.39 is 0 Å². The molecule has 20 heavy (non-hydrogen) atoms. The highest BCUT2D eigenvalue weighted by molar-refractivity contribution is 5.85. The number of nitrogens with zero attached hydrogens (tertiary/aromatic N) is 1. The minimum Gasteiger partial charge on any atom is -0.508 e. The highest BCUT2D eigenvalue weighted by Crippen LogP contribution is 2.31. The van der Waals surface area contributed by atoms with Gasteiger partial charge in [0.1, 0.15) is 17.2 Å². The molecule has 1 aromatic heterocycles. The van der Waals surface area contributed by atoms with Crippen LogP contribution in [0.1, 0.15) is 11.3 Å².